The molecule has 1 aliphatic carbocycles. The monoisotopic (exact) mass is 648 g/mol. The van der Waals surface area contributed by atoms with Crippen molar-refractivity contribution < 1.29 is 0 Å². The SMILES string of the molecule is c1ccc(-c2cc3c(c4c2-n2c5ccccc5c5cccc(c52)N4c2ccccc2)-c2ccccc2C3(c2ccccc2)c2ccccc2)cc1. The first kappa shape index (κ1) is 28.2. The summed E-state index contributed by atoms with van der Waals surface area (Å²) in [5.74, 6) is 0. The van der Waals surface area contributed by atoms with Crippen molar-refractivity contribution in [2.45, 2.75) is 5.41 Å². The van der Waals surface area contributed by atoms with Gasteiger partial charge in [-0.2, -0.15) is 0 Å². The molecule has 0 bridgehead atoms. The maximum Gasteiger partial charge on any atom is 0.0792 e. The summed E-state index contributed by atoms with van der Waals surface area (Å²) in [5.41, 5.74) is 16.7. The normalized spacial score (nSPS) is 13.6. The van der Waals surface area contributed by atoms with E-state index in [-0.39, 0.29) is 0 Å². The van der Waals surface area contributed by atoms with Crippen molar-refractivity contribution in [2.75, 3.05) is 4.90 Å². The van der Waals surface area contributed by atoms with Gasteiger partial charge in [-0.1, -0.05) is 164 Å². The van der Waals surface area contributed by atoms with Crippen molar-refractivity contribution >= 4 is 38.9 Å². The molecule has 0 amide bonds. The lowest BCUT2D eigenvalue weighted by Crippen LogP contribution is -2.29. The summed E-state index contributed by atoms with van der Waals surface area (Å²) in [6.45, 7) is 0. The Labute approximate surface area is 297 Å². The van der Waals surface area contributed by atoms with Crippen LogP contribution >= 0.6 is 0 Å². The Morgan fingerprint density at radius 2 is 1.00 bits per heavy atom. The summed E-state index contributed by atoms with van der Waals surface area (Å²) in [7, 11) is 0. The number of benzene rings is 8. The maximum atomic E-state index is 2.56. The first-order valence-corrected chi connectivity index (χ1v) is 17.7. The van der Waals surface area contributed by atoms with Crippen LogP contribution in [0.3, 0.4) is 0 Å². The van der Waals surface area contributed by atoms with Gasteiger partial charge in [0.05, 0.1) is 33.5 Å². The highest BCUT2D eigenvalue weighted by atomic mass is 15.2. The van der Waals surface area contributed by atoms with E-state index in [9.17, 15) is 0 Å². The number of rotatable bonds is 4. The molecule has 238 valence electrons. The van der Waals surface area contributed by atoms with Gasteiger partial charge in [0.1, 0.15) is 0 Å². The predicted molar refractivity (Wildman–Crippen MR) is 212 cm³/mol. The molecule has 0 radical (unpaired) electrons. The molecule has 0 fully saturated rings. The molecule has 0 atom stereocenters. The number of fused-ring (bicyclic) bond motifs is 9. The Kier molecular flexibility index (Phi) is 5.91. The predicted octanol–water partition coefficient (Wildman–Crippen LogP) is 12.6. The van der Waals surface area contributed by atoms with Gasteiger partial charge in [0.2, 0.25) is 0 Å². The van der Waals surface area contributed by atoms with Crippen LogP contribution in [0.2, 0.25) is 0 Å². The van der Waals surface area contributed by atoms with Crippen molar-refractivity contribution in [1.29, 1.82) is 0 Å². The summed E-state index contributed by atoms with van der Waals surface area (Å²) >= 11 is 0. The molecule has 0 saturated carbocycles. The van der Waals surface area contributed by atoms with Crippen LogP contribution in [-0.4, -0.2) is 4.57 Å². The standard InChI is InChI=1S/C49H32N2/c1-5-18-33(19-6-1)40-32-42-45(39-27-13-15-29-41(39)49(42,34-20-7-2-8-21-34)35-22-9-3-10-23-35)48-47(40)51-43-30-16-14-26-37(43)38-28-17-31-44(46(38)51)50(48)36-24-11-4-12-25-36/h1-32H. The van der Waals surface area contributed by atoms with E-state index < -0.39 is 5.41 Å². The van der Waals surface area contributed by atoms with Crippen LogP contribution in [-0.2, 0) is 5.41 Å². The van der Waals surface area contributed by atoms with Crippen molar-refractivity contribution in [3.8, 4) is 27.9 Å². The second kappa shape index (κ2) is 10.7. The average Bonchev–Trinajstić information content (AvgIpc) is 3.71. The molecular formula is C49H32N2. The summed E-state index contributed by atoms with van der Waals surface area (Å²) in [6, 6.07) is 71.6. The molecule has 2 nitrogen and oxygen atoms in total. The van der Waals surface area contributed by atoms with E-state index in [4.69, 9.17) is 0 Å². The van der Waals surface area contributed by atoms with Gasteiger partial charge in [-0.3, -0.25) is 0 Å². The number of hydrogen-bond donors (Lipinski definition) is 0. The molecule has 0 spiro atoms. The Hall–Kier alpha value is -6.64. The van der Waals surface area contributed by atoms with Gasteiger partial charge < -0.3 is 9.47 Å². The minimum absolute atomic E-state index is 0.541. The molecule has 9 aromatic rings. The fourth-order valence-corrected chi connectivity index (χ4v) is 9.23. The minimum Gasteiger partial charge on any atom is -0.306 e. The van der Waals surface area contributed by atoms with E-state index in [0.717, 1.165) is 5.69 Å². The molecule has 2 heterocycles. The topological polar surface area (TPSA) is 8.17 Å². The fraction of sp³-hybridized carbons (Fsp3) is 0.0204. The third-order valence-electron chi connectivity index (χ3n) is 11.2. The molecular weight excluding hydrogens is 617 g/mol. The number of nitrogens with zero attached hydrogens (tertiary/aromatic N) is 2. The van der Waals surface area contributed by atoms with Gasteiger partial charge >= 0.3 is 0 Å². The lowest BCUT2D eigenvalue weighted by atomic mass is 9.67. The zero-order valence-electron chi connectivity index (χ0n) is 27.9. The summed E-state index contributed by atoms with van der Waals surface area (Å²) in [6.07, 6.45) is 0. The van der Waals surface area contributed by atoms with Crippen LogP contribution in [0.1, 0.15) is 22.3 Å². The lowest BCUT2D eigenvalue weighted by Gasteiger charge is -2.38. The van der Waals surface area contributed by atoms with Crippen molar-refractivity contribution in [1.82, 2.24) is 4.57 Å². The number of para-hydroxylation sites is 3. The Balaban J connectivity index is 1.42. The Bertz CT molecular complexity index is 2740. The number of anilines is 3. The summed E-state index contributed by atoms with van der Waals surface area (Å²) in [5, 5.41) is 2.52. The van der Waals surface area contributed by atoms with Crippen molar-refractivity contribution in [2.24, 2.45) is 0 Å². The van der Waals surface area contributed by atoms with Crippen LogP contribution in [0.5, 0.6) is 0 Å². The van der Waals surface area contributed by atoms with Crippen molar-refractivity contribution in [3.63, 3.8) is 0 Å². The maximum absolute atomic E-state index is 2.56. The highest BCUT2D eigenvalue weighted by molar-refractivity contribution is 6.19. The fourth-order valence-electron chi connectivity index (χ4n) is 9.23. The van der Waals surface area contributed by atoms with E-state index in [1.807, 2.05) is 0 Å². The molecule has 51 heavy (non-hydrogen) atoms. The van der Waals surface area contributed by atoms with Crippen LogP contribution in [0, 0.1) is 0 Å². The molecule has 1 aromatic heterocycles. The van der Waals surface area contributed by atoms with Gasteiger partial charge in [-0.25, -0.2) is 0 Å². The Morgan fingerprint density at radius 3 is 1.73 bits per heavy atom. The Morgan fingerprint density at radius 1 is 0.412 bits per heavy atom. The number of aromatic nitrogens is 1. The smallest absolute Gasteiger partial charge is 0.0792 e. The second-order valence-electron chi connectivity index (χ2n) is 13.6. The zero-order chi connectivity index (χ0) is 33.5. The van der Waals surface area contributed by atoms with Gasteiger partial charge in [-0.05, 0) is 63.7 Å². The minimum atomic E-state index is -0.541. The molecule has 2 aliphatic rings. The molecule has 11 rings (SSSR count). The molecule has 0 N–H and O–H groups in total. The van der Waals surface area contributed by atoms with Crippen LogP contribution in [0.25, 0.3) is 49.7 Å². The van der Waals surface area contributed by atoms with Gasteiger partial charge in [0, 0.05) is 27.6 Å². The second-order valence-corrected chi connectivity index (χ2v) is 13.6. The third kappa shape index (κ3) is 3.71. The zero-order valence-corrected chi connectivity index (χ0v) is 27.9. The third-order valence-corrected chi connectivity index (χ3v) is 11.2. The first-order valence-electron chi connectivity index (χ1n) is 17.7. The van der Waals surface area contributed by atoms with Crippen molar-refractivity contribution in [3.05, 3.63) is 216 Å². The van der Waals surface area contributed by atoms with E-state index in [0.29, 0.717) is 0 Å². The molecule has 2 heteroatoms. The van der Waals surface area contributed by atoms with E-state index in [2.05, 4.69) is 204 Å². The molecule has 0 saturated heterocycles. The summed E-state index contributed by atoms with van der Waals surface area (Å²) < 4.78 is 2.56. The largest absolute Gasteiger partial charge is 0.306 e. The molecule has 0 unspecified atom stereocenters. The number of hydrogen-bond acceptors (Lipinski definition) is 1. The van der Waals surface area contributed by atoms with E-state index in [1.54, 1.807) is 0 Å². The van der Waals surface area contributed by atoms with E-state index >= 15 is 0 Å². The van der Waals surface area contributed by atoms with Crippen LogP contribution < -0.4 is 4.90 Å². The van der Waals surface area contributed by atoms with Crippen LogP contribution in [0.4, 0.5) is 17.1 Å². The van der Waals surface area contributed by atoms with Gasteiger partial charge in [-0.15, -0.1) is 0 Å². The van der Waals surface area contributed by atoms with E-state index in [1.165, 1.54) is 83.4 Å². The van der Waals surface area contributed by atoms with Crippen LogP contribution in [0.15, 0.2) is 194 Å². The molecule has 1 aliphatic heterocycles. The highest BCUT2D eigenvalue weighted by Crippen LogP contribution is 2.64. The lowest BCUT2D eigenvalue weighted by molar-refractivity contribution is 0.768. The first-order chi connectivity index (χ1) is 25.4. The average molecular weight is 649 g/mol. The quantitative estimate of drug-likeness (QED) is 0.184. The highest BCUT2D eigenvalue weighted by Gasteiger charge is 2.49. The summed E-state index contributed by atoms with van der Waals surface area (Å²) in [4.78, 5) is 2.55. The van der Waals surface area contributed by atoms with Gasteiger partial charge in [0.15, 0.2) is 0 Å². The van der Waals surface area contributed by atoms with Gasteiger partial charge in [0.25, 0.3) is 0 Å². The molecule has 8 aromatic carbocycles.